The highest BCUT2D eigenvalue weighted by Gasteiger charge is 2.18. The first-order chi connectivity index (χ1) is 8.70. The van der Waals surface area contributed by atoms with E-state index in [-0.39, 0.29) is 0 Å². The molecule has 18 heavy (non-hydrogen) atoms. The van der Waals surface area contributed by atoms with Crippen LogP contribution in [0.25, 0.3) is 0 Å². The van der Waals surface area contributed by atoms with Gasteiger partial charge in [0.2, 0.25) is 0 Å². The van der Waals surface area contributed by atoms with E-state index in [2.05, 4.69) is 41.1 Å². The van der Waals surface area contributed by atoms with Gasteiger partial charge in [0.05, 0.1) is 7.11 Å². The van der Waals surface area contributed by atoms with E-state index in [0.717, 1.165) is 11.7 Å². The van der Waals surface area contributed by atoms with Crippen LogP contribution < -0.4 is 4.74 Å². The first kappa shape index (κ1) is 13.9. The van der Waals surface area contributed by atoms with Gasteiger partial charge >= 0.3 is 0 Å². The van der Waals surface area contributed by atoms with Crippen LogP contribution in [0.4, 0.5) is 0 Å². The molecule has 0 saturated heterocycles. The Hall–Kier alpha value is -0.500. The van der Waals surface area contributed by atoms with Crippen molar-refractivity contribution in [2.75, 3.05) is 7.11 Å². The maximum Gasteiger partial charge on any atom is 0.123 e. The van der Waals surface area contributed by atoms with Gasteiger partial charge in [0.25, 0.3) is 0 Å². The summed E-state index contributed by atoms with van der Waals surface area (Å²) in [4.78, 5) is 0.424. The third-order valence-corrected chi connectivity index (χ3v) is 4.98. The van der Waals surface area contributed by atoms with Crippen molar-refractivity contribution in [2.45, 2.75) is 50.3 Å². The van der Waals surface area contributed by atoms with Crippen LogP contribution in [0.2, 0.25) is 0 Å². The smallest absolute Gasteiger partial charge is 0.123 e. The maximum absolute atomic E-state index is 5.46. The summed E-state index contributed by atoms with van der Waals surface area (Å²) in [5.41, 5.74) is 2.60. The van der Waals surface area contributed by atoms with Crippen LogP contribution in [0.1, 0.15) is 54.5 Å². The van der Waals surface area contributed by atoms with Crippen LogP contribution in [0, 0.1) is 12.8 Å². The third kappa shape index (κ3) is 3.50. The number of hydrogen-bond acceptors (Lipinski definition) is 1. The molecule has 1 atom stereocenters. The van der Waals surface area contributed by atoms with Gasteiger partial charge in [-0.1, -0.05) is 59.3 Å². The summed E-state index contributed by atoms with van der Waals surface area (Å²) in [5.74, 6) is 1.97. The van der Waals surface area contributed by atoms with Gasteiger partial charge in [-0.3, -0.25) is 0 Å². The van der Waals surface area contributed by atoms with Crippen molar-refractivity contribution in [3.8, 4) is 5.75 Å². The predicted molar refractivity (Wildman–Crippen MR) is 80.6 cm³/mol. The summed E-state index contributed by atoms with van der Waals surface area (Å²) < 4.78 is 5.46. The zero-order chi connectivity index (χ0) is 13.0. The average Bonchev–Trinajstić information content (AvgIpc) is 2.89. The van der Waals surface area contributed by atoms with Crippen molar-refractivity contribution < 1.29 is 4.74 Å². The van der Waals surface area contributed by atoms with Crippen LogP contribution >= 0.6 is 15.9 Å². The number of halogens is 1. The van der Waals surface area contributed by atoms with E-state index in [1.807, 2.05) is 0 Å². The van der Waals surface area contributed by atoms with Crippen LogP contribution in [0.5, 0.6) is 5.75 Å². The lowest BCUT2D eigenvalue weighted by Crippen LogP contribution is -2.00. The van der Waals surface area contributed by atoms with E-state index in [0.29, 0.717) is 4.83 Å². The summed E-state index contributed by atoms with van der Waals surface area (Å²) in [5, 5.41) is 0. The van der Waals surface area contributed by atoms with Gasteiger partial charge in [0, 0.05) is 10.4 Å². The van der Waals surface area contributed by atoms with Crippen molar-refractivity contribution >= 4 is 15.9 Å². The van der Waals surface area contributed by atoms with Crippen molar-refractivity contribution in [3.05, 3.63) is 29.3 Å². The zero-order valence-corrected chi connectivity index (χ0v) is 13.0. The van der Waals surface area contributed by atoms with Crippen molar-refractivity contribution in [3.63, 3.8) is 0 Å². The van der Waals surface area contributed by atoms with E-state index >= 15 is 0 Å². The molecule has 0 radical (unpaired) electrons. The third-order valence-electron chi connectivity index (χ3n) is 4.03. The van der Waals surface area contributed by atoms with Crippen molar-refractivity contribution in [1.82, 2.24) is 0 Å². The first-order valence-electron chi connectivity index (χ1n) is 6.99. The Balaban J connectivity index is 1.98. The molecular weight excluding hydrogens is 288 g/mol. The second-order valence-corrected chi connectivity index (χ2v) is 6.55. The summed E-state index contributed by atoms with van der Waals surface area (Å²) in [6.07, 6.45) is 8.30. The SMILES string of the molecule is COc1ccc(C)cc1C(Br)CCC1CCCC1. The lowest BCUT2D eigenvalue weighted by molar-refractivity contribution is 0.406. The number of hydrogen-bond donors (Lipinski definition) is 0. The minimum atomic E-state index is 0.424. The quantitative estimate of drug-likeness (QED) is 0.661. The summed E-state index contributed by atoms with van der Waals surface area (Å²) in [7, 11) is 1.75. The fourth-order valence-electron chi connectivity index (χ4n) is 2.94. The molecule has 0 bridgehead atoms. The molecule has 0 amide bonds. The first-order valence-corrected chi connectivity index (χ1v) is 7.91. The Labute approximate surface area is 119 Å². The molecule has 1 saturated carbocycles. The lowest BCUT2D eigenvalue weighted by atomic mass is 9.97. The van der Waals surface area contributed by atoms with Gasteiger partial charge in [-0.2, -0.15) is 0 Å². The van der Waals surface area contributed by atoms with Gasteiger partial charge in [0.15, 0.2) is 0 Å². The molecular formula is C16H23BrO. The highest BCUT2D eigenvalue weighted by molar-refractivity contribution is 9.09. The van der Waals surface area contributed by atoms with Gasteiger partial charge in [-0.15, -0.1) is 0 Å². The largest absolute Gasteiger partial charge is 0.496 e. The predicted octanol–water partition coefficient (Wildman–Crippen LogP) is 5.41. The Morgan fingerprint density at radius 2 is 2.06 bits per heavy atom. The summed E-state index contributed by atoms with van der Waals surface area (Å²) >= 11 is 3.84. The van der Waals surface area contributed by atoms with Crippen molar-refractivity contribution in [2.24, 2.45) is 5.92 Å². The molecule has 1 aliphatic rings. The van der Waals surface area contributed by atoms with Crippen LogP contribution in [0.15, 0.2) is 18.2 Å². The van der Waals surface area contributed by atoms with E-state index < -0.39 is 0 Å². The minimum absolute atomic E-state index is 0.424. The van der Waals surface area contributed by atoms with E-state index in [4.69, 9.17) is 4.74 Å². The summed E-state index contributed by atoms with van der Waals surface area (Å²) in [6, 6.07) is 6.43. The zero-order valence-electron chi connectivity index (χ0n) is 11.4. The molecule has 0 heterocycles. The molecule has 0 aliphatic heterocycles. The maximum atomic E-state index is 5.46. The minimum Gasteiger partial charge on any atom is -0.496 e. The molecule has 0 aromatic heterocycles. The molecule has 1 unspecified atom stereocenters. The average molecular weight is 311 g/mol. The summed E-state index contributed by atoms with van der Waals surface area (Å²) in [6.45, 7) is 2.14. The topological polar surface area (TPSA) is 9.23 Å². The van der Waals surface area contributed by atoms with Gasteiger partial charge < -0.3 is 4.74 Å². The van der Waals surface area contributed by atoms with Crippen LogP contribution in [-0.4, -0.2) is 7.11 Å². The molecule has 0 spiro atoms. The molecule has 0 N–H and O–H groups in total. The Morgan fingerprint density at radius 3 is 2.72 bits per heavy atom. The molecule has 1 aromatic carbocycles. The fourth-order valence-corrected chi connectivity index (χ4v) is 3.56. The molecule has 2 rings (SSSR count). The van der Waals surface area contributed by atoms with E-state index in [9.17, 15) is 0 Å². The van der Waals surface area contributed by atoms with Crippen LogP contribution in [0.3, 0.4) is 0 Å². The monoisotopic (exact) mass is 310 g/mol. The van der Waals surface area contributed by atoms with Crippen molar-refractivity contribution in [1.29, 1.82) is 0 Å². The Bertz CT molecular complexity index is 383. The highest BCUT2D eigenvalue weighted by atomic mass is 79.9. The Morgan fingerprint density at radius 1 is 1.33 bits per heavy atom. The fraction of sp³-hybridized carbons (Fsp3) is 0.625. The van der Waals surface area contributed by atoms with Gasteiger partial charge in [-0.05, 0) is 31.7 Å². The normalized spacial score (nSPS) is 17.9. The van der Waals surface area contributed by atoms with E-state index in [1.165, 1.54) is 49.7 Å². The number of methoxy groups -OCH3 is 1. The molecule has 1 fully saturated rings. The molecule has 1 aliphatic carbocycles. The van der Waals surface area contributed by atoms with Gasteiger partial charge in [0.1, 0.15) is 5.75 Å². The molecule has 100 valence electrons. The number of alkyl halides is 1. The number of benzene rings is 1. The van der Waals surface area contributed by atoms with E-state index in [1.54, 1.807) is 7.11 Å². The molecule has 1 nitrogen and oxygen atoms in total. The Kier molecular flexibility index (Phi) is 5.11. The lowest BCUT2D eigenvalue weighted by Gasteiger charge is -2.17. The van der Waals surface area contributed by atoms with Crippen LogP contribution in [-0.2, 0) is 0 Å². The number of ether oxygens (including phenoxy) is 1. The standard InChI is InChI=1S/C16H23BrO/c1-12-7-10-16(18-2)14(11-12)15(17)9-8-13-5-3-4-6-13/h7,10-11,13,15H,3-6,8-9H2,1-2H3. The van der Waals surface area contributed by atoms with Gasteiger partial charge in [-0.25, -0.2) is 0 Å². The molecule has 2 heteroatoms. The highest BCUT2D eigenvalue weighted by Crippen LogP contribution is 2.38. The second-order valence-electron chi connectivity index (χ2n) is 5.44. The second kappa shape index (κ2) is 6.60. The number of aryl methyl sites for hydroxylation is 1. The molecule has 1 aromatic rings. The number of rotatable bonds is 5.